The largest absolute Gasteiger partial charge is 0.315 e. The number of benzene rings is 1. The van der Waals surface area contributed by atoms with Crippen molar-refractivity contribution in [3.63, 3.8) is 0 Å². The van der Waals surface area contributed by atoms with Gasteiger partial charge in [-0.15, -0.1) is 0 Å². The predicted molar refractivity (Wildman–Crippen MR) is 68.6 cm³/mol. The van der Waals surface area contributed by atoms with Crippen LogP contribution >= 0.6 is 0 Å². The molecule has 0 aliphatic carbocycles. The highest BCUT2D eigenvalue weighted by Crippen LogP contribution is 2.11. The van der Waals surface area contributed by atoms with Gasteiger partial charge in [-0.25, -0.2) is 0 Å². The van der Waals surface area contributed by atoms with E-state index in [1.165, 1.54) is 12.1 Å². The Morgan fingerprint density at radius 2 is 1.94 bits per heavy atom. The van der Waals surface area contributed by atoms with Crippen LogP contribution in [0, 0.1) is 10.1 Å². The van der Waals surface area contributed by atoms with Crippen molar-refractivity contribution in [3.05, 3.63) is 39.9 Å². The molecule has 0 aliphatic heterocycles. The molecule has 94 valence electrons. The fourth-order valence-electron chi connectivity index (χ4n) is 1.36. The predicted octanol–water partition coefficient (Wildman–Crippen LogP) is 1.11. The molecule has 1 rings (SSSR count). The number of nitro groups is 1. The van der Waals surface area contributed by atoms with Crippen molar-refractivity contribution >= 4 is 16.5 Å². The number of hydrogen-bond donors (Lipinski definition) is 1. The highest BCUT2D eigenvalue weighted by Gasteiger charge is 2.03. The first-order chi connectivity index (χ1) is 8.09. The molecule has 1 aromatic rings. The summed E-state index contributed by atoms with van der Waals surface area (Å²) in [4.78, 5) is 10.0. The second-order valence-electron chi connectivity index (χ2n) is 3.70. The van der Waals surface area contributed by atoms with Gasteiger partial charge in [0.2, 0.25) is 0 Å². The minimum Gasteiger partial charge on any atom is -0.315 e. The van der Waals surface area contributed by atoms with Crippen LogP contribution in [0.25, 0.3) is 0 Å². The third-order valence-electron chi connectivity index (χ3n) is 2.30. The van der Waals surface area contributed by atoms with Gasteiger partial charge in [-0.2, -0.15) is 0 Å². The van der Waals surface area contributed by atoms with Crippen molar-refractivity contribution in [2.45, 2.75) is 6.42 Å². The second-order valence-corrected chi connectivity index (χ2v) is 5.26. The van der Waals surface area contributed by atoms with Crippen LogP contribution in [0.3, 0.4) is 0 Å². The summed E-state index contributed by atoms with van der Waals surface area (Å²) < 4.78 is 10.8. The number of nitrogens with zero attached hydrogens (tertiary/aromatic N) is 1. The van der Waals surface area contributed by atoms with Gasteiger partial charge in [0.25, 0.3) is 5.69 Å². The zero-order valence-corrected chi connectivity index (χ0v) is 10.5. The van der Waals surface area contributed by atoms with Crippen molar-refractivity contribution in [1.29, 1.82) is 0 Å². The van der Waals surface area contributed by atoms with Gasteiger partial charge in [0.15, 0.2) is 0 Å². The molecule has 0 saturated carbocycles. The van der Waals surface area contributed by atoms with Crippen LogP contribution in [-0.4, -0.2) is 34.2 Å². The van der Waals surface area contributed by atoms with E-state index in [9.17, 15) is 14.3 Å². The van der Waals surface area contributed by atoms with E-state index in [0.29, 0.717) is 5.75 Å². The molecule has 1 unspecified atom stereocenters. The number of rotatable bonds is 7. The topological polar surface area (TPSA) is 72.2 Å². The van der Waals surface area contributed by atoms with Crippen LogP contribution in [-0.2, 0) is 17.2 Å². The quantitative estimate of drug-likeness (QED) is 0.450. The van der Waals surface area contributed by atoms with Crippen molar-refractivity contribution < 1.29 is 9.13 Å². The normalized spacial score (nSPS) is 12.3. The standard InChI is InChI=1S/C11H16N2O3S/c1-17(16)9-8-12-7-6-10-2-4-11(5-3-10)13(14)15/h2-5,12H,6-9H2,1H3. The Morgan fingerprint density at radius 1 is 1.29 bits per heavy atom. The molecule has 0 bridgehead atoms. The lowest BCUT2D eigenvalue weighted by Crippen LogP contribution is -2.22. The van der Waals surface area contributed by atoms with E-state index in [1.807, 2.05) is 0 Å². The lowest BCUT2D eigenvalue weighted by Gasteiger charge is -2.03. The van der Waals surface area contributed by atoms with Gasteiger partial charge in [-0.3, -0.25) is 14.3 Å². The first kappa shape index (κ1) is 13.8. The maximum absolute atomic E-state index is 10.8. The number of nitro benzene ring substituents is 1. The van der Waals surface area contributed by atoms with Crippen molar-refractivity contribution in [1.82, 2.24) is 5.32 Å². The molecule has 0 heterocycles. The summed E-state index contributed by atoms with van der Waals surface area (Å²) in [6.45, 7) is 1.52. The van der Waals surface area contributed by atoms with E-state index in [1.54, 1.807) is 18.4 Å². The Morgan fingerprint density at radius 3 is 2.47 bits per heavy atom. The summed E-state index contributed by atoms with van der Waals surface area (Å²) in [7, 11) is -0.759. The molecule has 0 amide bonds. The van der Waals surface area contributed by atoms with Gasteiger partial charge in [0.1, 0.15) is 0 Å². The lowest BCUT2D eigenvalue weighted by atomic mass is 10.1. The van der Waals surface area contributed by atoms with Gasteiger partial charge in [-0.05, 0) is 18.5 Å². The van der Waals surface area contributed by atoms with Gasteiger partial charge in [0, 0.05) is 41.5 Å². The van der Waals surface area contributed by atoms with Crippen LogP contribution in [0.2, 0.25) is 0 Å². The van der Waals surface area contributed by atoms with Crippen LogP contribution in [0.1, 0.15) is 5.56 Å². The molecular formula is C11H16N2O3S. The van der Waals surface area contributed by atoms with Crippen LogP contribution in [0.4, 0.5) is 5.69 Å². The fraction of sp³-hybridized carbons (Fsp3) is 0.455. The highest BCUT2D eigenvalue weighted by molar-refractivity contribution is 7.84. The summed E-state index contributed by atoms with van der Waals surface area (Å²) in [6, 6.07) is 6.54. The van der Waals surface area contributed by atoms with Gasteiger partial charge in [-0.1, -0.05) is 12.1 Å². The molecule has 0 aromatic heterocycles. The average molecular weight is 256 g/mol. The Hall–Kier alpha value is -1.27. The molecule has 0 aliphatic rings. The minimum atomic E-state index is -0.759. The van der Waals surface area contributed by atoms with E-state index in [-0.39, 0.29) is 5.69 Å². The molecule has 1 N–H and O–H groups in total. The van der Waals surface area contributed by atoms with Gasteiger partial charge < -0.3 is 5.32 Å². The number of nitrogens with one attached hydrogen (secondary N) is 1. The molecule has 1 atom stereocenters. The molecule has 0 radical (unpaired) electrons. The smallest absolute Gasteiger partial charge is 0.269 e. The van der Waals surface area contributed by atoms with E-state index < -0.39 is 15.7 Å². The zero-order valence-electron chi connectivity index (χ0n) is 9.72. The summed E-state index contributed by atoms with van der Waals surface area (Å²) in [5.74, 6) is 0.653. The Balaban J connectivity index is 2.27. The van der Waals surface area contributed by atoms with Crippen molar-refractivity contribution in [2.24, 2.45) is 0 Å². The van der Waals surface area contributed by atoms with E-state index >= 15 is 0 Å². The van der Waals surface area contributed by atoms with Crippen molar-refractivity contribution in [3.8, 4) is 0 Å². The molecule has 0 saturated heterocycles. The number of hydrogen-bond acceptors (Lipinski definition) is 4. The first-order valence-electron chi connectivity index (χ1n) is 5.33. The van der Waals surface area contributed by atoms with Crippen LogP contribution in [0.15, 0.2) is 24.3 Å². The molecule has 6 heteroatoms. The second kappa shape index (κ2) is 7.13. The monoisotopic (exact) mass is 256 g/mol. The van der Waals surface area contributed by atoms with Gasteiger partial charge >= 0.3 is 0 Å². The Bertz CT molecular complexity index is 392. The highest BCUT2D eigenvalue weighted by atomic mass is 32.2. The number of non-ortho nitro benzene ring substituents is 1. The third-order valence-corrected chi connectivity index (χ3v) is 3.08. The van der Waals surface area contributed by atoms with Gasteiger partial charge in [0.05, 0.1) is 4.92 Å². The van der Waals surface area contributed by atoms with Crippen LogP contribution < -0.4 is 5.32 Å². The maximum Gasteiger partial charge on any atom is 0.269 e. The van der Waals surface area contributed by atoms with E-state index in [0.717, 1.165) is 25.1 Å². The molecule has 0 fully saturated rings. The Kier molecular flexibility index (Phi) is 5.79. The lowest BCUT2D eigenvalue weighted by molar-refractivity contribution is -0.384. The first-order valence-corrected chi connectivity index (χ1v) is 7.06. The SMILES string of the molecule is CS(=O)CCNCCc1ccc([N+](=O)[O-])cc1. The Labute approximate surface area is 103 Å². The molecular weight excluding hydrogens is 240 g/mol. The zero-order chi connectivity index (χ0) is 12.7. The summed E-state index contributed by atoms with van der Waals surface area (Å²) in [6.07, 6.45) is 2.49. The average Bonchev–Trinajstić information content (AvgIpc) is 2.29. The molecule has 1 aromatic carbocycles. The summed E-state index contributed by atoms with van der Waals surface area (Å²) in [5, 5.41) is 13.6. The van der Waals surface area contributed by atoms with Crippen LogP contribution in [0.5, 0.6) is 0 Å². The summed E-state index contributed by atoms with van der Waals surface area (Å²) in [5.41, 5.74) is 1.17. The molecule has 5 nitrogen and oxygen atoms in total. The van der Waals surface area contributed by atoms with E-state index in [4.69, 9.17) is 0 Å². The molecule has 17 heavy (non-hydrogen) atoms. The third kappa shape index (κ3) is 5.55. The minimum absolute atomic E-state index is 0.114. The van der Waals surface area contributed by atoms with Crippen molar-refractivity contribution in [2.75, 3.05) is 25.1 Å². The molecule has 0 spiro atoms. The maximum atomic E-state index is 10.8. The van der Waals surface area contributed by atoms with E-state index in [2.05, 4.69) is 5.32 Å². The summed E-state index contributed by atoms with van der Waals surface area (Å²) >= 11 is 0. The fourth-order valence-corrected chi connectivity index (χ4v) is 1.79.